The van der Waals surface area contributed by atoms with Crippen LogP contribution >= 0.6 is 0 Å². The van der Waals surface area contributed by atoms with Crippen LogP contribution in [-0.4, -0.2) is 23.9 Å². The number of unbranched alkanes of at least 4 members (excludes halogenated alkanes) is 2. The molecule has 1 aromatic carbocycles. The highest BCUT2D eigenvalue weighted by molar-refractivity contribution is 5.73. The Balaban J connectivity index is 1.68. The van der Waals surface area contributed by atoms with Crippen molar-refractivity contribution in [3.8, 4) is 0 Å². The van der Waals surface area contributed by atoms with Crippen molar-refractivity contribution >= 4 is 5.91 Å². The largest absolute Gasteiger partial charge is 0.370 e. The third-order valence-corrected chi connectivity index (χ3v) is 3.61. The molecule has 1 heterocycles. The maximum atomic E-state index is 10.6. The molecular weight excluding hydrogens is 224 g/mol. The third kappa shape index (κ3) is 3.84. The first-order valence-electron chi connectivity index (χ1n) is 6.83. The van der Waals surface area contributed by atoms with Crippen molar-refractivity contribution in [2.24, 2.45) is 5.73 Å². The lowest BCUT2D eigenvalue weighted by Gasteiger charge is -2.28. The summed E-state index contributed by atoms with van der Waals surface area (Å²) in [5.41, 5.74) is 8.10. The number of amides is 1. The van der Waals surface area contributed by atoms with Gasteiger partial charge in [0, 0.05) is 19.5 Å². The van der Waals surface area contributed by atoms with Gasteiger partial charge in [0.05, 0.1) is 0 Å². The number of nitrogens with two attached hydrogens (primary N) is 1. The van der Waals surface area contributed by atoms with E-state index in [1.54, 1.807) is 0 Å². The summed E-state index contributed by atoms with van der Waals surface area (Å²) in [6, 6.07) is 8.71. The zero-order valence-corrected chi connectivity index (χ0v) is 10.9. The molecule has 0 aliphatic carbocycles. The second kappa shape index (κ2) is 6.55. The standard InChI is InChI=1S/C15H22N2O/c16-15(18)8-2-1-5-10-17-11-9-13-6-3-4-7-14(13)12-17/h3-4,6-7H,1-2,5,8-12H2,(H2,16,18). The molecule has 0 saturated carbocycles. The van der Waals surface area contributed by atoms with Crippen LogP contribution in [0.15, 0.2) is 24.3 Å². The normalized spacial score (nSPS) is 15.3. The Morgan fingerprint density at radius 2 is 1.94 bits per heavy atom. The van der Waals surface area contributed by atoms with Crippen molar-refractivity contribution in [2.75, 3.05) is 13.1 Å². The van der Waals surface area contributed by atoms with Crippen LogP contribution in [0.4, 0.5) is 0 Å². The summed E-state index contributed by atoms with van der Waals surface area (Å²) in [6.07, 6.45) is 4.89. The summed E-state index contributed by atoms with van der Waals surface area (Å²) in [6.45, 7) is 3.37. The Bertz CT molecular complexity index is 403. The summed E-state index contributed by atoms with van der Waals surface area (Å²) in [5, 5.41) is 0. The van der Waals surface area contributed by atoms with E-state index in [0.717, 1.165) is 45.3 Å². The molecule has 0 atom stereocenters. The number of fused-ring (bicyclic) bond motifs is 1. The van der Waals surface area contributed by atoms with E-state index in [1.165, 1.54) is 11.1 Å². The second-order valence-corrected chi connectivity index (χ2v) is 5.07. The molecule has 0 aromatic heterocycles. The van der Waals surface area contributed by atoms with Crippen LogP contribution < -0.4 is 5.73 Å². The van der Waals surface area contributed by atoms with E-state index in [-0.39, 0.29) is 5.91 Å². The van der Waals surface area contributed by atoms with E-state index in [1.807, 2.05) is 0 Å². The molecule has 0 unspecified atom stereocenters. The van der Waals surface area contributed by atoms with Crippen LogP contribution in [0, 0.1) is 0 Å². The Morgan fingerprint density at radius 1 is 1.17 bits per heavy atom. The molecule has 0 spiro atoms. The quantitative estimate of drug-likeness (QED) is 0.781. The number of hydrogen-bond acceptors (Lipinski definition) is 2. The SMILES string of the molecule is NC(=O)CCCCCN1CCc2ccccc2C1. The highest BCUT2D eigenvalue weighted by atomic mass is 16.1. The van der Waals surface area contributed by atoms with Crippen molar-refractivity contribution < 1.29 is 4.79 Å². The summed E-state index contributed by atoms with van der Waals surface area (Å²) in [4.78, 5) is 13.1. The first-order chi connectivity index (χ1) is 8.75. The molecule has 0 fully saturated rings. The van der Waals surface area contributed by atoms with Gasteiger partial charge in [-0.3, -0.25) is 9.69 Å². The van der Waals surface area contributed by atoms with Crippen LogP contribution in [0.5, 0.6) is 0 Å². The first-order valence-corrected chi connectivity index (χ1v) is 6.83. The van der Waals surface area contributed by atoms with E-state index in [9.17, 15) is 4.79 Å². The zero-order chi connectivity index (χ0) is 12.8. The van der Waals surface area contributed by atoms with Gasteiger partial charge in [0.2, 0.25) is 5.91 Å². The molecule has 3 heteroatoms. The number of rotatable bonds is 6. The van der Waals surface area contributed by atoms with E-state index in [0.29, 0.717) is 6.42 Å². The van der Waals surface area contributed by atoms with E-state index in [2.05, 4.69) is 29.2 Å². The first kappa shape index (κ1) is 13.1. The molecule has 2 rings (SSSR count). The van der Waals surface area contributed by atoms with Crippen LogP contribution in [0.25, 0.3) is 0 Å². The molecule has 18 heavy (non-hydrogen) atoms. The minimum absolute atomic E-state index is 0.179. The van der Waals surface area contributed by atoms with Gasteiger partial charge in [-0.25, -0.2) is 0 Å². The highest BCUT2D eigenvalue weighted by Gasteiger charge is 2.14. The minimum atomic E-state index is -0.179. The number of benzene rings is 1. The molecule has 2 N–H and O–H groups in total. The molecule has 3 nitrogen and oxygen atoms in total. The van der Waals surface area contributed by atoms with Gasteiger partial charge in [-0.05, 0) is 36.9 Å². The number of hydrogen-bond donors (Lipinski definition) is 1. The molecule has 1 aromatic rings. The Labute approximate surface area is 109 Å². The fraction of sp³-hybridized carbons (Fsp3) is 0.533. The van der Waals surface area contributed by atoms with Gasteiger partial charge in [0.1, 0.15) is 0 Å². The number of primary amides is 1. The Kier molecular flexibility index (Phi) is 4.76. The molecule has 1 amide bonds. The van der Waals surface area contributed by atoms with E-state index in [4.69, 9.17) is 5.73 Å². The fourth-order valence-electron chi connectivity index (χ4n) is 2.56. The monoisotopic (exact) mass is 246 g/mol. The maximum absolute atomic E-state index is 10.6. The summed E-state index contributed by atoms with van der Waals surface area (Å²) in [7, 11) is 0. The Hall–Kier alpha value is -1.35. The molecular formula is C15H22N2O. The summed E-state index contributed by atoms with van der Waals surface area (Å²) < 4.78 is 0. The lowest BCUT2D eigenvalue weighted by Crippen LogP contribution is -2.31. The van der Waals surface area contributed by atoms with Gasteiger partial charge < -0.3 is 5.73 Å². The predicted molar refractivity (Wildman–Crippen MR) is 73.1 cm³/mol. The van der Waals surface area contributed by atoms with Gasteiger partial charge in [-0.1, -0.05) is 30.7 Å². The third-order valence-electron chi connectivity index (χ3n) is 3.61. The lowest BCUT2D eigenvalue weighted by molar-refractivity contribution is -0.118. The number of nitrogens with zero attached hydrogens (tertiary/aromatic N) is 1. The topological polar surface area (TPSA) is 46.3 Å². The van der Waals surface area contributed by atoms with Gasteiger partial charge in [-0.2, -0.15) is 0 Å². The van der Waals surface area contributed by atoms with Gasteiger partial charge in [0.25, 0.3) is 0 Å². The maximum Gasteiger partial charge on any atom is 0.217 e. The summed E-state index contributed by atoms with van der Waals surface area (Å²) >= 11 is 0. The molecule has 0 saturated heterocycles. The molecule has 1 aliphatic heterocycles. The van der Waals surface area contributed by atoms with Crippen LogP contribution in [0.2, 0.25) is 0 Å². The molecule has 0 radical (unpaired) electrons. The predicted octanol–water partition coefficient (Wildman–Crippen LogP) is 2.09. The summed E-state index contributed by atoms with van der Waals surface area (Å²) in [5.74, 6) is -0.179. The number of carbonyl (C=O) groups excluding carboxylic acids is 1. The van der Waals surface area contributed by atoms with Crippen molar-refractivity contribution in [3.63, 3.8) is 0 Å². The van der Waals surface area contributed by atoms with Crippen LogP contribution in [-0.2, 0) is 17.8 Å². The van der Waals surface area contributed by atoms with Crippen molar-refractivity contribution in [3.05, 3.63) is 35.4 Å². The van der Waals surface area contributed by atoms with E-state index >= 15 is 0 Å². The van der Waals surface area contributed by atoms with Crippen LogP contribution in [0.3, 0.4) is 0 Å². The molecule has 98 valence electrons. The average molecular weight is 246 g/mol. The van der Waals surface area contributed by atoms with Gasteiger partial charge in [0.15, 0.2) is 0 Å². The van der Waals surface area contributed by atoms with Crippen molar-refractivity contribution in [1.82, 2.24) is 4.90 Å². The van der Waals surface area contributed by atoms with E-state index < -0.39 is 0 Å². The molecule has 0 bridgehead atoms. The second-order valence-electron chi connectivity index (χ2n) is 5.07. The smallest absolute Gasteiger partial charge is 0.217 e. The Morgan fingerprint density at radius 3 is 2.72 bits per heavy atom. The van der Waals surface area contributed by atoms with Crippen molar-refractivity contribution in [2.45, 2.75) is 38.6 Å². The lowest BCUT2D eigenvalue weighted by atomic mass is 10.00. The van der Waals surface area contributed by atoms with Crippen molar-refractivity contribution in [1.29, 1.82) is 0 Å². The van der Waals surface area contributed by atoms with Crippen LogP contribution in [0.1, 0.15) is 36.8 Å². The average Bonchev–Trinajstić information content (AvgIpc) is 2.38. The fourth-order valence-corrected chi connectivity index (χ4v) is 2.56. The zero-order valence-electron chi connectivity index (χ0n) is 10.9. The van der Waals surface area contributed by atoms with Gasteiger partial charge >= 0.3 is 0 Å². The highest BCUT2D eigenvalue weighted by Crippen LogP contribution is 2.18. The molecule has 1 aliphatic rings. The minimum Gasteiger partial charge on any atom is -0.370 e. The van der Waals surface area contributed by atoms with Gasteiger partial charge in [-0.15, -0.1) is 0 Å². The number of carbonyl (C=O) groups is 1.